The van der Waals surface area contributed by atoms with Crippen LogP contribution in [0.3, 0.4) is 0 Å². The summed E-state index contributed by atoms with van der Waals surface area (Å²) in [6, 6.07) is 0. The third kappa shape index (κ3) is 3.69. The fourth-order valence-corrected chi connectivity index (χ4v) is 2.01. The zero-order valence-corrected chi connectivity index (χ0v) is 11.7. The Balaban J connectivity index is 0.000000557. The first-order chi connectivity index (χ1) is 7.81. The van der Waals surface area contributed by atoms with Gasteiger partial charge in [-0.3, -0.25) is 9.59 Å². The first-order valence-corrected chi connectivity index (χ1v) is 6.26. The van der Waals surface area contributed by atoms with Crippen molar-refractivity contribution in [3.63, 3.8) is 0 Å². The molecule has 1 atom stereocenters. The second-order valence-electron chi connectivity index (χ2n) is 4.97. The van der Waals surface area contributed by atoms with Crippen LogP contribution in [-0.2, 0) is 9.59 Å². The third-order valence-electron chi connectivity index (χ3n) is 3.13. The number of piperidine rings is 1. The number of Topliss-reactive ketones (excluding diaryl/α,β-unsaturated/α-hetero) is 1. The molecule has 0 aromatic carbocycles. The lowest BCUT2D eigenvalue weighted by Gasteiger charge is -2.35. The zero-order valence-electron chi connectivity index (χ0n) is 11.7. The molecule has 0 bridgehead atoms. The van der Waals surface area contributed by atoms with Crippen LogP contribution in [-0.4, -0.2) is 18.2 Å². The van der Waals surface area contributed by atoms with Crippen LogP contribution < -0.4 is 5.32 Å². The van der Waals surface area contributed by atoms with Crippen LogP contribution >= 0.6 is 0 Å². The maximum absolute atomic E-state index is 11.9. The van der Waals surface area contributed by atoms with Crippen molar-refractivity contribution in [2.24, 2.45) is 11.3 Å². The van der Waals surface area contributed by atoms with Crippen molar-refractivity contribution in [2.75, 3.05) is 6.54 Å². The molecule has 1 rings (SSSR count). The minimum Gasteiger partial charge on any atom is -0.355 e. The van der Waals surface area contributed by atoms with Crippen molar-refractivity contribution in [2.45, 2.75) is 47.5 Å². The van der Waals surface area contributed by atoms with Gasteiger partial charge in [0.05, 0.1) is 0 Å². The van der Waals surface area contributed by atoms with Gasteiger partial charge in [0, 0.05) is 12.5 Å². The molecule has 1 amide bonds. The lowest BCUT2D eigenvalue weighted by molar-refractivity contribution is -0.148. The van der Waals surface area contributed by atoms with E-state index < -0.39 is 5.41 Å². The SMILES string of the molecule is C=C(C)C.CCC1(CC)C(=O)NC[C@@H](C)C1=O. The van der Waals surface area contributed by atoms with Gasteiger partial charge in [-0.05, 0) is 26.7 Å². The predicted molar refractivity (Wildman–Crippen MR) is 70.7 cm³/mol. The normalized spacial score (nSPS) is 22.3. The Bertz CT molecular complexity index is 299. The van der Waals surface area contributed by atoms with Crippen LogP contribution in [0.15, 0.2) is 12.2 Å². The molecule has 0 unspecified atom stereocenters. The van der Waals surface area contributed by atoms with E-state index in [1.807, 2.05) is 34.6 Å². The highest BCUT2D eigenvalue weighted by Crippen LogP contribution is 2.33. The van der Waals surface area contributed by atoms with Gasteiger partial charge in [-0.15, -0.1) is 6.58 Å². The fraction of sp³-hybridized carbons (Fsp3) is 0.714. The van der Waals surface area contributed by atoms with E-state index in [-0.39, 0.29) is 17.6 Å². The smallest absolute Gasteiger partial charge is 0.233 e. The van der Waals surface area contributed by atoms with Gasteiger partial charge in [0.15, 0.2) is 5.78 Å². The lowest BCUT2D eigenvalue weighted by Crippen LogP contribution is -2.55. The topological polar surface area (TPSA) is 46.2 Å². The molecule has 1 fully saturated rings. The van der Waals surface area contributed by atoms with Crippen LogP contribution in [0, 0.1) is 11.3 Å². The van der Waals surface area contributed by atoms with Gasteiger partial charge in [0.25, 0.3) is 0 Å². The number of rotatable bonds is 2. The van der Waals surface area contributed by atoms with Crippen LogP contribution in [0.4, 0.5) is 0 Å². The molecule has 17 heavy (non-hydrogen) atoms. The lowest BCUT2D eigenvalue weighted by atomic mass is 9.71. The largest absolute Gasteiger partial charge is 0.355 e. The van der Waals surface area contributed by atoms with Gasteiger partial charge in [-0.2, -0.15) is 0 Å². The summed E-state index contributed by atoms with van der Waals surface area (Å²) >= 11 is 0. The van der Waals surface area contributed by atoms with E-state index in [4.69, 9.17) is 0 Å². The van der Waals surface area contributed by atoms with Gasteiger partial charge >= 0.3 is 0 Å². The first-order valence-electron chi connectivity index (χ1n) is 6.26. The molecule has 1 aliphatic heterocycles. The van der Waals surface area contributed by atoms with Crippen molar-refractivity contribution in [3.05, 3.63) is 12.2 Å². The number of hydrogen-bond donors (Lipinski definition) is 1. The van der Waals surface area contributed by atoms with Crippen molar-refractivity contribution in [1.29, 1.82) is 0 Å². The molecule has 1 saturated heterocycles. The Kier molecular flexibility index (Phi) is 6.14. The fourth-order valence-electron chi connectivity index (χ4n) is 2.01. The van der Waals surface area contributed by atoms with Crippen LogP contribution in [0.25, 0.3) is 0 Å². The van der Waals surface area contributed by atoms with Gasteiger partial charge < -0.3 is 5.32 Å². The zero-order chi connectivity index (χ0) is 13.6. The number of allylic oxidation sites excluding steroid dienone is 1. The van der Waals surface area contributed by atoms with E-state index in [2.05, 4.69) is 11.9 Å². The van der Waals surface area contributed by atoms with E-state index in [0.717, 1.165) is 0 Å². The van der Waals surface area contributed by atoms with Gasteiger partial charge in [-0.1, -0.05) is 26.3 Å². The molecule has 1 N–H and O–H groups in total. The van der Waals surface area contributed by atoms with Gasteiger partial charge in [0.1, 0.15) is 5.41 Å². The van der Waals surface area contributed by atoms with Gasteiger partial charge in [0.2, 0.25) is 5.91 Å². The number of carbonyl (C=O) groups is 2. The Hall–Kier alpha value is -1.12. The number of hydrogen-bond acceptors (Lipinski definition) is 2. The summed E-state index contributed by atoms with van der Waals surface area (Å²) < 4.78 is 0. The van der Waals surface area contributed by atoms with E-state index in [9.17, 15) is 9.59 Å². The van der Waals surface area contributed by atoms with Gasteiger partial charge in [-0.25, -0.2) is 0 Å². The summed E-state index contributed by atoms with van der Waals surface area (Å²) in [5.41, 5.74) is 0.428. The van der Waals surface area contributed by atoms with Crippen molar-refractivity contribution < 1.29 is 9.59 Å². The van der Waals surface area contributed by atoms with Crippen LogP contribution in [0.2, 0.25) is 0 Å². The molecule has 0 aromatic heterocycles. The average Bonchev–Trinajstić information content (AvgIpc) is 2.25. The Morgan fingerprint density at radius 3 is 2.06 bits per heavy atom. The molecule has 3 nitrogen and oxygen atoms in total. The minimum atomic E-state index is -0.738. The summed E-state index contributed by atoms with van der Waals surface area (Å²) in [5, 5.41) is 2.80. The molecule has 0 aliphatic carbocycles. The van der Waals surface area contributed by atoms with E-state index >= 15 is 0 Å². The third-order valence-corrected chi connectivity index (χ3v) is 3.13. The molecule has 0 spiro atoms. The number of nitrogens with one attached hydrogen (secondary N) is 1. The Morgan fingerprint density at radius 1 is 1.35 bits per heavy atom. The predicted octanol–water partition coefficient (Wildman–Crippen LogP) is 2.71. The molecule has 0 radical (unpaired) electrons. The maximum atomic E-state index is 11.9. The molecule has 3 heteroatoms. The van der Waals surface area contributed by atoms with Crippen molar-refractivity contribution in [3.8, 4) is 0 Å². The average molecular weight is 239 g/mol. The van der Waals surface area contributed by atoms with E-state index in [1.165, 1.54) is 5.57 Å². The van der Waals surface area contributed by atoms with Crippen LogP contribution in [0.1, 0.15) is 47.5 Å². The Labute approximate surface area is 105 Å². The number of carbonyl (C=O) groups excluding carboxylic acids is 2. The summed E-state index contributed by atoms with van der Waals surface area (Å²) in [5.74, 6) is -0.000509. The monoisotopic (exact) mass is 239 g/mol. The van der Waals surface area contributed by atoms with E-state index in [1.54, 1.807) is 0 Å². The highest BCUT2D eigenvalue weighted by atomic mass is 16.2. The molecule has 1 heterocycles. The first kappa shape index (κ1) is 15.9. The molecule has 0 saturated carbocycles. The quantitative estimate of drug-likeness (QED) is 0.595. The standard InChI is InChI=1S/C10H17NO2.C4H8/c1-4-10(5-2)8(12)7(3)6-11-9(10)13;1-4(2)3/h7H,4-6H2,1-3H3,(H,11,13);1H2,2-3H3/t7-;/m1./s1. The Morgan fingerprint density at radius 2 is 1.76 bits per heavy atom. The second kappa shape index (κ2) is 6.58. The molecular formula is C14H25NO2. The maximum Gasteiger partial charge on any atom is 0.233 e. The van der Waals surface area contributed by atoms with Crippen molar-refractivity contribution in [1.82, 2.24) is 5.32 Å². The highest BCUT2D eigenvalue weighted by molar-refractivity contribution is 6.08. The molecule has 0 aromatic rings. The number of ketones is 1. The summed E-state index contributed by atoms with van der Waals surface area (Å²) in [4.78, 5) is 23.5. The second-order valence-corrected chi connectivity index (χ2v) is 4.97. The number of amides is 1. The molecular weight excluding hydrogens is 214 g/mol. The van der Waals surface area contributed by atoms with Crippen LogP contribution in [0.5, 0.6) is 0 Å². The summed E-state index contributed by atoms with van der Waals surface area (Å²) in [6.45, 7) is 13.7. The summed E-state index contributed by atoms with van der Waals surface area (Å²) in [6.07, 6.45) is 1.22. The summed E-state index contributed by atoms with van der Waals surface area (Å²) in [7, 11) is 0. The minimum absolute atomic E-state index is 0.0300. The molecule has 1 aliphatic rings. The molecule has 98 valence electrons. The van der Waals surface area contributed by atoms with Crippen molar-refractivity contribution >= 4 is 11.7 Å². The highest BCUT2D eigenvalue weighted by Gasteiger charge is 2.47. The van der Waals surface area contributed by atoms with E-state index in [0.29, 0.717) is 19.4 Å².